The zero-order valence-electron chi connectivity index (χ0n) is 17.8. The standard InChI is InChI=1S/C22H27N5O5/c1-2-8-31-22-25-20-15(10-23-27(20)21-18(30)17(29)16(12-28)32-21)19-24-14(11-26(19)22)9-13-6-4-3-5-7-13/h3-7,10,14,16-18,21,28-30H,2,8-9,11-12H2,1H3/t14-,16-,17-,18-,21-/m1/s1. The molecule has 0 unspecified atom stereocenters. The summed E-state index contributed by atoms with van der Waals surface area (Å²) in [5, 5.41) is 34.4. The molecular formula is C22H27N5O5. The lowest BCUT2D eigenvalue weighted by Gasteiger charge is -2.26. The van der Waals surface area contributed by atoms with E-state index in [4.69, 9.17) is 14.5 Å². The van der Waals surface area contributed by atoms with E-state index in [0.717, 1.165) is 18.7 Å². The summed E-state index contributed by atoms with van der Waals surface area (Å²) in [4.78, 5) is 11.6. The molecule has 1 aromatic heterocycles. The first kappa shape index (κ1) is 21.1. The number of benzene rings is 1. The van der Waals surface area contributed by atoms with Crippen molar-refractivity contribution >= 4 is 17.7 Å². The van der Waals surface area contributed by atoms with Gasteiger partial charge in [0.05, 0.1) is 37.6 Å². The van der Waals surface area contributed by atoms with Crippen molar-refractivity contribution in [3.8, 4) is 0 Å². The van der Waals surface area contributed by atoms with Crippen LogP contribution in [0.15, 0.2) is 46.5 Å². The number of ether oxygens (including phenoxy) is 2. The molecule has 2 aromatic rings. The van der Waals surface area contributed by atoms with Crippen molar-refractivity contribution in [3.05, 3.63) is 47.7 Å². The zero-order valence-corrected chi connectivity index (χ0v) is 17.8. The molecule has 0 radical (unpaired) electrons. The summed E-state index contributed by atoms with van der Waals surface area (Å²) >= 11 is 0. The highest BCUT2D eigenvalue weighted by Crippen LogP contribution is 2.37. The SMILES string of the molecule is CCCOC1=Nc2c(cnn2[C@@H]2O[C@H](CO)[C@@H](O)[C@H]2O)C2=N[C@H](Cc3ccccc3)CN12. The van der Waals surface area contributed by atoms with Crippen LogP contribution in [0.4, 0.5) is 5.82 Å². The molecule has 10 nitrogen and oxygen atoms in total. The van der Waals surface area contributed by atoms with Crippen LogP contribution in [-0.2, 0) is 15.9 Å². The van der Waals surface area contributed by atoms with Gasteiger partial charge in [0.2, 0.25) is 0 Å². The summed E-state index contributed by atoms with van der Waals surface area (Å²) in [6, 6.07) is 10.7. The highest BCUT2D eigenvalue weighted by molar-refractivity contribution is 6.14. The van der Waals surface area contributed by atoms with E-state index in [1.165, 1.54) is 10.2 Å². The number of hydrogen-bond acceptors (Lipinski definition) is 9. The van der Waals surface area contributed by atoms with Gasteiger partial charge >= 0.3 is 0 Å². The Hall–Kier alpha value is -2.79. The fourth-order valence-corrected chi connectivity index (χ4v) is 4.31. The number of hydrogen-bond donors (Lipinski definition) is 3. The van der Waals surface area contributed by atoms with Crippen LogP contribution in [0.3, 0.4) is 0 Å². The molecule has 1 aromatic carbocycles. The largest absolute Gasteiger partial charge is 0.465 e. The fraction of sp³-hybridized carbons (Fsp3) is 0.500. The van der Waals surface area contributed by atoms with Gasteiger partial charge in [0.15, 0.2) is 12.0 Å². The smallest absolute Gasteiger partial charge is 0.299 e. The van der Waals surface area contributed by atoms with Gasteiger partial charge in [0.1, 0.15) is 24.1 Å². The van der Waals surface area contributed by atoms with Gasteiger partial charge < -0.3 is 24.8 Å². The summed E-state index contributed by atoms with van der Waals surface area (Å²) in [5.74, 6) is 1.17. The number of aliphatic imine (C=N–C) groups is 2. The second-order valence-electron chi connectivity index (χ2n) is 8.20. The fourth-order valence-electron chi connectivity index (χ4n) is 4.31. The van der Waals surface area contributed by atoms with Gasteiger partial charge in [-0.25, -0.2) is 4.68 Å². The van der Waals surface area contributed by atoms with E-state index in [-0.39, 0.29) is 6.04 Å². The number of nitrogens with zero attached hydrogens (tertiary/aromatic N) is 5. The molecular weight excluding hydrogens is 414 g/mol. The molecule has 0 amide bonds. The van der Waals surface area contributed by atoms with Crippen LogP contribution in [0, 0.1) is 0 Å². The van der Waals surface area contributed by atoms with Gasteiger partial charge in [-0.15, -0.1) is 0 Å². The van der Waals surface area contributed by atoms with Gasteiger partial charge in [-0.2, -0.15) is 10.1 Å². The topological polar surface area (TPSA) is 125 Å². The molecule has 1 fully saturated rings. The van der Waals surface area contributed by atoms with E-state index in [0.29, 0.717) is 30.6 Å². The Kier molecular flexibility index (Phi) is 5.68. The van der Waals surface area contributed by atoms with Gasteiger partial charge in [0.25, 0.3) is 6.02 Å². The molecule has 1 saturated heterocycles. The number of aromatic nitrogens is 2. The summed E-state index contributed by atoms with van der Waals surface area (Å²) in [5.41, 5.74) is 1.92. The van der Waals surface area contributed by atoms with Crippen LogP contribution < -0.4 is 0 Å². The van der Waals surface area contributed by atoms with Crippen molar-refractivity contribution in [2.24, 2.45) is 9.98 Å². The van der Waals surface area contributed by atoms with Crippen LogP contribution in [0.1, 0.15) is 30.7 Å². The first-order valence-electron chi connectivity index (χ1n) is 10.9. The lowest BCUT2D eigenvalue weighted by molar-refractivity contribution is -0.0577. The summed E-state index contributed by atoms with van der Waals surface area (Å²) in [7, 11) is 0. The molecule has 5 atom stereocenters. The average molecular weight is 441 g/mol. The number of fused-ring (bicyclic) bond motifs is 3. The van der Waals surface area contributed by atoms with Crippen molar-refractivity contribution in [3.63, 3.8) is 0 Å². The minimum Gasteiger partial charge on any atom is -0.465 e. The molecule has 10 heteroatoms. The number of amidine groups is 2. The van der Waals surface area contributed by atoms with E-state index < -0.39 is 31.1 Å². The van der Waals surface area contributed by atoms with E-state index >= 15 is 0 Å². The van der Waals surface area contributed by atoms with Crippen molar-refractivity contribution < 1.29 is 24.8 Å². The second kappa shape index (κ2) is 8.62. The van der Waals surface area contributed by atoms with Crippen LogP contribution in [-0.4, -0.2) is 86.0 Å². The van der Waals surface area contributed by atoms with E-state index in [9.17, 15) is 15.3 Å². The van der Waals surface area contributed by atoms with Crippen LogP contribution in [0.2, 0.25) is 0 Å². The molecule has 0 aliphatic carbocycles. The third-order valence-corrected chi connectivity index (χ3v) is 5.90. The Labute approximate surface area is 185 Å². The highest BCUT2D eigenvalue weighted by atomic mass is 16.6. The second-order valence-corrected chi connectivity index (χ2v) is 8.20. The predicted molar refractivity (Wildman–Crippen MR) is 116 cm³/mol. The third kappa shape index (κ3) is 3.58. The molecule has 3 N–H and O–H groups in total. The lowest BCUT2D eigenvalue weighted by Crippen LogP contribution is -2.40. The van der Waals surface area contributed by atoms with Crippen molar-refractivity contribution in [2.45, 2.75) is 50.3 Å². The average Bonchev–Trinajstić information content (AvgIpc) is 3.49. The molecule has 0 saturated carbocycles. The maximum atomic E-state index is 10.5. The third-order valence-electron chi connectivity index (χ3n) is 5.90. The maximum Gasteiger partial charge on any atom is 0.299 e. The number of aliphatic hydroxyl groups is 3. The molecule has 4 heterocycles. The van der Waals surface area contributed by atoms with Gasteiger partial charge in [-0.3, -0.25) is 9.89 Å². The maximum absolute atomic E-state index is 10.5. The number of aliphatic hydroxyl groups excluding tert-OH is 3. The van der Waals surface area contributed by atoms with Crippen molar-refractivity contribution in [2.75, 3.05) is 19.8 Å². The monoisotopic (exact) mass is 441 g/mol. The summed E-state index contributed by atoms with van der Waals surface area (Å²) < 4.78 is 13.0. The quantitative estimate of drug-likeness (QED) is 0.599. The van der Waals surface area contributed by atoms with Gasteiger partial charge in [0, 0.05) is 0 Å². The first-order valence-corrected chi connectivity index (χ1v) is 10.9. The van der Waals surface area contributed by atoms with Gasteiger partial charge in [-0.1, -0.05) is 37.3 Å². The summed E-state index contributed by atoms with van der Waals surface area (Å²) in [6.45, 7) is 2.76. The Morgan fingerprint density at radius 2 is 2.00 bits per heavy atom. The van der Waals surface area contributed by atoms with Crippen molar-refractivity contribution in [1.29, 1.82) is 0 Å². The minimum atomic E-state index is -1.25. The normalized spacial score (nSPS) is 28.9. The Bertz CT molecular complexity index is 1020. The first-order chi connectivity index (χ1) is 15.6. The van der Waals surface area contributed by atoms with Crippen LogP contribution in [0.25, 0.3) is 0 Å². The Balaban J connectivity index is 1.49. The van der Waals surface area contributed by atoms with Crippen molar-refractivity contribution in [1.82, 2.24) is 14.7 Å². The molecule has 5 rings (SSSR count). The van der Waals surface area contributed by atoms with Crippen LogP contribution >= 0.6 is 0 Å². The minimum absolute atomic E-state index is 0.0334. The lowest BCUT2D eigenvalue weighted by atomic mass is 10.1. The number of rotatable bonds is 6. The van der Waals surface area contributed by atoms with E-state index in [1.807, 2.05) is 30.0 Å². The highest BCUT2D eigenvalue weighted by Gasteiger charge is 2.46. The molecule has 0 spiro atoms. The summed E-state index contributed by atoms with van der Waals surface area (Å²) in [6.07, 6.45) is -1.08. The zero-order chi connectivity index (χ0) is 22.2. The Morgan fingerprint density at radius 1 is 1.19 bits per heavy atom. The molecule has 0 bridgehead atoms. The van der Waals surface area contributed by atoms with Gasteiger partial charge in [-0.05, 0) is 18.4 Å². The molecule has 3 aliphatic heterocycles. The van der Waals surface area contributed by atoms with E-state index in [2.05, 4.69) is 22.2 Å². The molecule has 170 valence electrons. The molecule has 3 aliphatic rings. The predicted octanol–water partition coefficient (Wildman–Crippen LogP) is 0.596. The van der Waals surface area contributed by atoms with Crippen LogP contribution in [0.5, 0.6) is 0 Å². The van der Waals surface area contributed by atoms with E-state index in [1.54, 1.807) is 6.20 Å². The Morgan fingerprint density at radius 3 is 2.72 bits per heavy atom. The molecule has 32 heavy (non-hydrogen) atoms.